The van der Waals surface area contributed by atoms with Gasteiger partial charge in [-0.25, -0.2) is 4.79 Å². The lowest BCUT2D eigenvalue weighted by Gasteiger charge is -2.09. The van der Waals surface area contributed by atoms with Gasteiger partial charge in [-0.3, -0.25) is 0 Å². The first-order valence-corrected chi connectivity index (χ1v) is 5.83. The molecule has 1 aromatic rings. The van der Waals surface area contributed by atoms with Crippen molar-refractivity contribution in [3.05, 3.63) is 30.3 Å². The van der Waals surface area contributed by atoms with Crippen molar-refractivity contribution in [2.24, 2.45) is 0 Å². The molecule has 1 N–H and O–H groups in total. The number of unbranched alkanes of at least 4 members (excludes halogenated alkanes) is 1. The number of benzene rings is 1. The molecule has 4 nitrogen and oxygen atoms in total. The quantitative estimate of drug-likeness (QED) is 0.479. The molecule has 18 heavy (non-hydrogen) atoms. The summed E-state index contributed by atoms with van der Waals surface area (Å²) in [7, 11) is 1.27. The molecule has 0 fully saturated rings. The van der Waals surface area contributed by atoms with Crippen LogP contribution in [0, 0.1) is 0 Å². The molecule has 0 spiro atoms. The number of aromatic hydroxyl groups is 1. The van der Waals surface area contributed by atoms with Crippen molar-refractivity contribution in [1.29, 1.82) is 0 Å². The van der Waals surface area contributed by atoms with E-state index in [-0.39, 0.29) is 11.3 Å². The van der Waals surface area contributed by atoms with Crippen LogP contribution in [-0.4, -0.2) is 24.8 Å². The number of hydrogen-bond acceptors (Lipinski definition) is 4. The van der Waals surface area contributed by atoms with Crippen molar-refractivity contribution in [1.82, 2.24) is 0 Å². The van der Waals surface area contributed by atoms with E-state index >= 15 is 0 Å². The second-order valence-electron chi connectivity index (χ2n) is 3.85. The van der Waals surface area contributed by atoms with Crippen LogP contribution in [-0.2, 0) is 9.53 Å². The van der Waals surface area contributed by atoms with Gasteiger partial charge in [-0.1, -0.05) is 19.9 Å². The molecule has 0 unspecified atom stereocenters. The number of carbonyl (C=O) groups is 1. The molecule has 0 aliphatic heterocycles. The van der Waals surface area contributed by atoms with Gasteiger partial charge in [-0.15, -0.1) is 0 Å². The number of phenols is 1. The largest absolute Gasteiger partial charge is 0.507 e. The molecule has 1 aromatic carbocycles. The topological polar surface area (TPSA) is 55.8 Å². The van der Waals surface area contributed by atoms with Gasteiger partial charge in [0.05, 0.1) is 19.3 Å². The molecule has 0 saturated heterocycles. The van der Waals surface area contributed by atoms with Crippen LogP contribution in [0.1, 0.15) is 25.3 Å². The van der Waals surface area contributed by atoms with E-state index in [0.717, 1.165) is 12.8 Å². The predicted molar refractivity (Wildman–Crippen MR) is 69.6 cm³/mol. The summed E-state index contributed by atoms with van der Waals surface area (Å²) in [6.07, 6.45) is 2.00. The summed E-state index contributed by atoms with van der Waals surface area (Å²) in [5.74, 6) is -0.0354. The fraction of sp³-hybridized carbons (Fsp3) is 0.357. The first kappa shape index (κ1) is 14.1. The van der Waals surface area contributed by atoms with Crippen LogP contribution in [0.15, 0.2) is 24.8 Å². The number of phenolic OH excluding ortho intramolecular Hbond substituents is 1. The van der Waals surface area contributed by atoms with Crippen LogP contribution in [0.2, 0.25) is 0 Å². The van der Waals surface area contributed by atoms with Crippen molar-refractivity contribution < 1.29 is 19.4 Å². The number of esters is 1. The first-order valence-electron chi connectivity index (χ1n) is 5.83. The summed E-state index contributed by atoms with van der Waals surface area (Å²) in [5, 5.41) is 9.81. The fourth-order valence-corrected chi connectivity index (χ4v) is 1.42. The molecule has 0 aliphatic carbocycles. The average Bonchev–Trinajstić information content (AvgIpc) is 2.37. The maximum Gasteiger partial charge on any atom is 0.337 e. The molecule has 98 valence electrons. The molecule has 0 amide bonds. The van der Waals surface area contributed by atoms with Crippen LogP contribution in [0.25, 0.3) is 5.57 Å². The summed E-state index contributed by atoms with van der Waals surface area (Å²) in [5.41, 5.74) is 0.472. The summed E-state index contributed by atoms with van der Waals surface area (Å²) >= 11 is 0. The Labute approximate surface area is 107 Å². The van der Waals surface area contributed by atoms with E-state index < -0.39 is 5.97 Å². The third-order valence-corrected chi connectivity index (χ3v) is 2.49. The van der Waals surface area contributed by atoms with Gasteiger partial charge in [0.15, 0.2) is 0 Å². The molecule has 0 aromatic heterocycles. The second-order valence-corrected chi connectivity index (χ2v) is 3.85. The van der Waals surface area contributed by atoms with Crippen molar-refractivity contribution in [3.8, 4) is 11.5 Å². The summed E-state index contributed by atoms with van der Waals surface area (Å²) in [6, 6.07) is 4.76. The van der Waals surface area contributed by atoms with Crippen LogP contribution in [0.4, 0.5) is 0 Å². The highest BCUT2D eigenvalue weighted by molar-refractivity contribution is 6.16. The molecule has 0 saturated carbocycles. The Kier molecular flexibility index (Phi) is 5.24. The second kappa shape index (κ2) is 6.69. The van der Waals surface area contributed by atoms with Gasteiger partial charge >= 0.3 is 5.97 Å². The summed E-state index contributed by atoms with van der Waals surface area (Å²) in [4.78, 5) is 11.3. The van der Waals surface area contributed by atoms with Gasteiger partial charge in [0.1, 0.15) is 11.5 Å². The van der Waals surface area contributed by atoms with Crippen molar-refractivity contribution >= 4 is 11.5 Å². The van der Waals surface area contributed by atoms with Crippen LogP contribution < -0.4 is 4.74 Å². The molecule has 0 heterocycles. The third-order valence-electron chi connectivity index (χ3n) is 2.49. The number of rotatable bonds is 6. The molecule has 1 rings (SSSR count). The molecule has 0 radical (unpaired) electrons. The molecular formula is C14H18O4. The Morgan fingerprint density at radius 3 is 2.72 bits per heavy atom. The van der Waals surface area contributed by atoms with Gasteiger partial charge in [0.25, 0.3) is 0 Å². The smallest absolute Gasteiger partial charge is 0.337 e. The lowest BCUT2D eigenvalue weighted by Crippen LogP contribution is -2.03. The minimum absolute atomic E-state index is 0.0422. The lowest BCUT2D eigenvalue weighted by atomic mass is 10.1. The van der Waals surface area contributed by atoms with E-state index in [1.165, 1.54) is 13.2 Å². The van der Waals surface area contributed by atoms with Crippen molar-refractivity contribution in [2.75, 3.05) is 13.7 Å². The minimum Gasteiger partial charge on any atom is -0.507 e. The number of ether oxygens (including phenoxy) is 2. The molecule has 0 atom stereocenters. The summed E-state index contributed by atoms with van der Waals surface area (Å²) in [6.45, 7) is 6.26. The monoisotopic (exact) mass is 250 g/mol. The lowest BCUT2D eigenvalue weighted by molar-refractivity contribution is -0.133. The summed E-state index contributed by atoms with van der Waals surface area (Å²) < 4.78 is 9.99. The number of hydrogen-bond donors (Lipinski definition) is 1. The molecule has 0 aliphatic rings. The normalized spacial score (nSPS) is 9.89. The van der Waals surface area contributed by atoms with Crippen LogP contribution >= 0.6 is 0 Å². The highest BCUT2D eigenvalue weighted by Gasteiger charge is 2.14. The fourth-order valence-electron chi connectivity index (χ4n) is 1.42. The van der Waals surface area contributed by atoms with Gasteiger partial charge in [0, 0.05) is 11.6 Å². The predicted octanol–water partition coefficient (Wildman–Crippen LogP) is 2.76. The zero-order valence-electron chi connectivity index (χ0n) is 10.7. The molecule has 0 bridgehead atoms. The van der Waals surface area contributed by atoms with Gasteiger partial charge in [-0.05, 0) is 18.6 Å². The average molecular weight is 250 g/mol. The van der Waals surface area contributed by atoms with E-state index in [4.69, 9.17) is 4.74 Å². The highest BCUT2D eigenvalue weighted by atomic mass is 16.5. The Hall–Kier alpha value is -1.97. The van der Waals surface area contributed by atoms with E-state index in [1.807, 2.05) is 0 Å². The maximum atomic E-state index is 11.3. The standard InChI is InChI=1S/C14H18O4/c1-4-5-8-18-11-6-7-12(13(15)9-11)10(2)14(16)17-3/h6-7,9,15H,2,4-5,8H2,1,3H3. The Morgan fingerprint density at radius 1 is 1.44 bits per heavy atom. The SMILES string of the molecule is C=C(C(=O)OC)c1ccc(OCCCC)cc1O. The van der Waals surface area contributed by atoms with Crippen LogP contribution in [0.5, 0.6) is 11.5 Å². The van der Waals surface area contributed by atoms with Gasteiger partial charge in [0.2, 0.25) is 0 Å². The number of methoxy groups -OCH3 is 1. The Balaban J connectivity index is 2.79. The van der Waals surface area contributed by atoms with Gasteiger partial charge in [-0.2, -0.15) is 0 Å². The van der Waals surface area contributed by atoms with Crippen molar-refractivity contribution in [3.63, 3.8) is 0 Å². The minimum atomic E-state index is -0.565. The number of carbonyl (C=O) groups excluding carboxylic acids is 1. The third kappa shape index (κ3) is 3.52. The Morgan fingerprint density at radius 2 is 2.17 bits per heavy atom. The molecular weight excluding hydrogens is 232 g/mol. The first-order chi connectivity index (χ1) is 8.60. The van der Waals surface area contributed by atoms with E-state index in [0.29, 0.717) is 17.9 Å². The highest BCUT2D eigenvalue weighted by Crippen LogP contribution is 2.29. The zero-order chi connectivity index (χ0) is 13.5. The van der Waals surface area contributed by atoms with E-state index in [9.17, 15) is 9.90 Å². The van der Waals surface area contributed by atoms with E-state index in [1.54, 1.807) is 12.1 Å². The van der Waals surface area contributed by atoms with Gasteiger partial charge < -0.3 is 14.6 Å². The Bertz CT molecular complexity index is 437. The zero-order valence-corrected chi connectivity index (χ0v) is 10.7. The van der Waals surface area contributed by atoms with Crippen LogP contribution in [0.3, 0.4) is 0 Å². The van der Waals surface area contributed by atoms with Crippen molar-refractivity contribution in [2.45, 2.75) is 19.8 Å². The maximum absolute atomic E-state index is 11.3. The van der Waals surface area contributed by atoms with E-state index in [2.05, 4.69) is 18.2 Å². The molecule has 4 heteroatoms.